The third-order valence-electron chi connectivity index (χ3n) is 7.02. The van der Waals surface area contributed by atoms with Gasteiger partial charge in [0.25, 0.3) is 0 Å². The van der Waals surface area contributed by atoms with Gasteiger partial charge >= 0.3 is 12.2 Å². The molecule has 1 aromatic heterocycles. The van der Waals surface area contributed by atoms with Crippen molar-refractivity contribution >= 4 is 11.8 Å². The minimum absolute atomic E-state index is 0.000236. The summed E-state index contributed by atoms with van der Waals surface area (Å²) in [4.78, 5) is 32.0. The lowest BCUT2D eigenvalue weighted by Crippen LogP contribution is -2.55. The number of Topliss-reactive ketones (excluding diaryl/α,β-unsaturated/α-hetero) is 1. The molecule has 0 aromatic carbocycles. The van der Waals surface area contributed by atoms with E-state index in [4.69, 9.17) is 9.47 Å². The Kier molecular flexibility index (Phi) is 6.83. The summed E-state index contributed by atoms with van der Waals surface area (Å²) in [5, 5.41) is 0. The standard InChI is InChI=1S/C23H30F3N3O4/c1-14-7-19(9-27-21(14)23(24,25)26)32-12-16-3-5-28(10-15(16)2)22(31)29-6-4-20-17(11-29)8-18(30)13-33-20/h7,9,15-17,20H,3-6,8,10-13H2,1-2H3/t15-,16-,17+,20-/m0/s1. The van der Waals surface area contributed by atoms with Crippen molar-refractivity contribution in [2.45, 2.75) is 45.4 Å². The van der Waals surface area contributed by atoms with Crippen LogP contribution in [0.3, 0.4) is 0 Å². The molecule has 0 aliphatic carbocycles. The van der Waals surface area contributed by atoms with Crippen LogP contribution in [0.15, 0.2) is 12.3 Å². The van der Waals surface area contributed by atoms with Crippen LogP contribution in [0.4, 0.5) is 18.0 Å². The van der Waals surface area contributed by atoms with E-state index in [0.717, 1.165) is 19.0 Å². The van der Waals surface area contributed by atoms with E-state index < -0.39 is 11.9 Å². The number of amides is 2. The molecule has 3 saturated heterocycles. The lowest BCUT2D eigenvalue weighted by Gasteiger charge is -2.44. The van der Waals surface area contributed by atoms with E-state index in [1.807, 2.05) is 9.80 Å². The van der Waals surface area contributed by atoms with Gasteiger partial charge in [-0.2, -0.15) is 13.2 Å². The molecule has 4 heterocycles. The van der Waals surface area contributed by atoms with Crippen LogP contribution in [0, 0.1) is 24.7 Å². The van der Waals surface area contributed by atoms with E-state index >= 15 is 0 Å². The largest absolute Gasteiger partial charge is 0.492 e. The van der Waals surface area contributed by atoms with Gasteiger partial charge in [0.1, 0.15) is 18.1 Å². The van der Waals surface area contributed by atoms with Gasteiger partial charge in [0, 0.05) is 38.5 Å². The number of carbonyl (C=O) groups is 2. The number of ether oxygens (including phenoxy) is 2. The zero-order valence-electron chi connectivity index (χ0n) is 18.9. The van der Waals surface area contributed by atoms with E-state index in [-0.39, 0.29) is 47.8 Å². The van der Waals surface area contributed by atoms with Gasteiger partial charge in [0.2, 0.25) is 0 Å². The first-order valence-corrected chi connectivity index (χ1v) is 11.5. The molecule has 4 rings (SSSR count). The first-order valence-electron chi connectivity index (χ1n) is 11.5. The molecule has 0 N–H and O–H groups in total. The number of urea groups is 1. The van der Waals surface area contributed by atoms with Crippen LogP contribution >= 0.6 is 0 Å². The molecule has 2 amide bonds. The predicted molar refractivity (Wildman–Crippen MR) is 113 cm³/mol. The van der Waals surface area contributed by atoms with Gasteiger partial charge in [-0.25, -0.2) is 9.78 Å². The molecule has 0 saturated carbocycles. The Labute approximate surface area is 191 Å². The van der Waals surface area contributed by atoms with Crippen molar-refractivity contribution < 1.29 is 32.2 Å². The minimum atomic E-state index is -4.48. The Hall–Kier alpha value is -2.36. The number of ketones is 1. The fraction of sp³-hybridized carbons (Fsp3) is 0.696. The van der Waals surface area contributed by atoms with Crippen LogP contribution in [0.2, 0.25) is 0 Å². The van der Waals surface area contributed by atoms with Gasteiger partial charge in [-0.3, -0.25) is 4.79 Å². The molecule has 3 fully saturated rings. The average Bonchev–Trinajstić information content (AvgIpc) is 2.76. The van der Waals surface area contributed by atoms with E-state index in [9.17, 15) is 22.8 Å². The molecule has 4 atom stereocenters. The van der Waals surface area contributed by atoms with Crippen LogP contribution in [-0.4, -0.2) is 72.1 Å². The number of halogens is 3. The highest BCUT2D eigenvalue weighted by Gasteiger charge is 2.39. The Morgan fingerprint density at radius 2 is 1.97 bits per heavy atom. The quantitative estimate of drug-likeness (QED) is 0.677. The summed E-state index contributed by atoms with van der Waals surface area (Å²) in [5.41, 5.74) is -0.870. The topological polar surface area (TPSA) is 72.0 Å². The smallest absolute Gasteiger partial charge is 0.433 e. The van der Waals surface area contributed by atoms with Crippen LogP contribution in [0.5, 0.6) is 5.75 Å². The van der Waals surface area contributed by atoms with Gasteiger partial charge in [-0.05, 0) is 43.2 Å². The normalized spacial score (nSPS) is 28.5. The number of hydrogen-bond donors (Lipinski definition) is 0. The van der Waals surface area contributed by atoms with Gasteiger partial charge in [0.15, 0.2) is 5.78 Å². The first kappa shape index (κ1) is 23.8. The summed E-state index contributed by atoms with van der Waals surface area (Å²) in [5.74, 6) is 0.861. The van der Waals surface area contributed by atoms with Gasteiger partial charge in [-0.1, -0.05) is 6.92 Å². The number of pyridine rings is 1. The lowest BCUT2D eigenvalue weighted by molar-refractivity contribution is -0.141. The molecule has 0 spiro atoms. The number of aryl methyl sites for hydroxylation is 1. The zero-order valence-corrected chi connectivity index (χ0v) is 18.9. The molecular formula is C23H30F3N3O4. The molecular weight excluding hydrogens is 439 g/mol. The van der Waals surface area contributed by atoms with Crippen molar-refractivity contribution in [3.05, 3.63) is 23.5 Å². The summed E-state index contributed by atoms with van der Waals surface area (Å²) in [6.45, 7) is 6.35. The lowest BCUT2D eigenvalue weighted by atomic mass is 9.87. The van der Waals surface area contributed by atoms with Crippen molar-refractivity contribution in [1.82, 2.24) is 14.8 Å². The van der Waals surface area contributed by atoms with Crippen molar-refractivity contribution in [1.29, 1.82) is 0 Å². The zero-order chi connectivity index (χ0) is 23.8. The van der Waals surface area contributed by atoms with E-state index in [0.29, 0.717) is 45.0 Å². The highest BCUT2D eigenvalue weighted by molar-refractivity contribution is 5.81. The minimum Gasteiger partial charge on any atom is -0.492 e. The Balaban J connectivity index is 1.28. The Morgan fingerprint density at radius 3 is 2.67 bits per heavy atom. The molecule has 0 radical (unpaired) electrons. The van der Waals surface area contributed by atoms with Gasteiger partial charge < -0.3 is 19.3 Å². The fourth-order valence-electron chi connectivity index (χ4n) is 5.09. The van der Waals surface area contributed by atoms with E-state index in [1.165, 1.54) is 13.0 Å². The van der Waals surface area contributed by atoms with Crippen LogP contribution in [0.25, 0.3) is 0 Å². The number of nitrogens with zero attached hydrogens (tertiary/aromatic N) is 3. The number of aromatic nitrogens is 1. The molecule has 33 heavy (non-hydrogen) atoms. The average molecular weight is 470 g/mol. The Bertz CT molecular complexity index is 894. The fourth-order valence-corrected chi connectivity index (χ4v) is 5.09. The van der Waals surface area contributed by atoms with Crippen LogP contribution < -0.4 is 4.74 Å². The molecule has 1 aromatic rings. The van der Waals surface area contributed by atoms with Crippen molar-refractivity contribution in [2.75, 3.05) is 39.4 Å². The summed E-state index contributed by atoms with van der Waals surface area (Å²) >= 11 is 0. The number of hydrogen-bond acceptors (Lipinski definition) is 5. The second kappa shape index (κ2) is 9.48. The second-order valence-electron chi connectivity index (χ2n) is 9.49. The second-order valence-corrected chi connectivity index (χ2v) is 9.49. The molecule has 182 valence electrons. The monoisotopic (exact) mass is 469 g/mol. The van der Waals surface area contributed by atoms with Crippen LogP contribution in [-0.2, 0) is 15.7 Å². The molecule has 7 nitrogen and oxygen atoms in total. The highest BCUT2D eigenvalue weighted by atomic mass is 19.4. The highest BCUT2D eigenvalue weighted by Crippen LogP contribution is 2.32. The number of fused-ring (bicyclic) bond motifs is 1. The van der Waals surface area contributed by atoms with E-state index in [1.54, 1.807) is 0 Å². The third kappa shape index (κ3) is 5.42. The maximum Gasteiger partial charge on any atom is 0.433 e. The molecule has 0 unspecified atom stereocenters. The predicted octanol–water partition coefficient (Wildman–Crippen LogP) is 3.55. The van der Waals surface area contributed by atoms with Gasteiger partial charge in [0.05, 0.1) is 18.9 Å². The number of carbonyl (C=O) groups excluding carboxylic acids is 2. The van der Waals surface area contributed by atoms with Crippen molar-refractivity contribution in [2.24, 2.45) is 17.8 Å². The number of piperidine rings is 2. The number of alkyl halides is 3. The summed E-state index contributed by atoms with van der Waals surface area (Å²) in [6, 6.07) is 1.36. The Morgan fingerprint density at radius 1 is 1.24 bits per heavy atom. The van der Waals surface area contributed by atoms with E-state index in [2.05, 4.69) is 11.9 Å². The maximum absolute atomic E-state index is 13.1. The number of rotatable bonds is 3. The third-order valence-corrected chi connectivity index (χ3v) is 7.02. The molecule has 10 heteroatoms. The first-order chi connectivity index (χ1) is 15.6. The van der Waals surface area contributed by atoms with Gasteiger partial charge in [-0.15, -0.1) is 0 Å². The SMILES string of the molecule is Cc1cc(OC[C@@H]2CCN(C(=O)N3CC[C@@H]4OCC(=O)C[C@@H]4C3)C[C@@H]2C)cnc1C(F)(F)F. The molecule has 3 aliphatic rings. The number of likely N-dealkylation sites (tertiary alicyclic amines) is 2. The molecule has 3 aliphatic heterocycles. The summed E-state index contributed by atoms with van der Waals surface area (Å²) < 4.78 is 50.0. The molecule has 0 bridgehead atoms. The summed E-state index contributed by atoms with van der Waals surface area (Å²) in [6.07, 6.45) is -1.32. The van der Waals surface area contributed by atoms with Crippen molar-refractivity contribution in [3.8, 4) is 5.75 Å². The van der Waals surface area contributed by atoms with Crippen LogP contribution in [0.1, 0.15) is 37.4 Å². The summed E-state index contributed by atoms with van der Waals surface area (Å²) in [7, 11) is 0. The van der Waals surface area contributed by atoms with Crippen molar-refractivity contribution in [3.63, 3.8) is 0 Å². The maximum atomic E-state index is 13.1.